The lowest BCUT2D eigenvalue weighted by molar-refractivity contribution is -0.126. The molecule has 1 aromatic carbocycles. The van der Waals surface area contributed by atoms with Crippen molar-refractivity contribution in [3.63, 3.8) is 0 Å². The number of hydrogen-bond donors (Lipinski definition) is 2. The third-order valence-electron chi connectivity index (χ3n) is 4.50. The van der Waals surface area contributed by atoms with Crippen LogP contribution in [0.15, 0.2) is 54.9 Å². The zero-order valence-electron chi connectivity index (χ0n) is 13.1. The predicted octanol–water partition coefficient (Wildman–Crippen LogP) is 2.98. The number of pyridine rings is 1. The van der Waals surface area contributed by atoms with Gasteiger partial charge in [-0.3, -0.25) is 9.78 Å². The van der Waals surface area contributed by atoms with Crippen molar-refractivity contribution in [1.29, 1.82) is 0 Å². The molecule has 3 rings (SSSR count). The Labute approximate surface area is 136 Å². The van der Waals surface area contributed by atoms with E-state index in [-0.39, 0.29) is 18.4 Å². The average Bonchev–Trinajstić information content (AvgIpc) is 3.00. The molecule has 1 unspecified atom stereocenters. The molecule has 2 aromatic rings. The molecule has 1 amide bonds. The molecule has 1 saturated carbocycles. The highest BCUT2D eigenvalue weighted by Crippen LogP contribution is 2.32. The van der Waals surface area contributed by atoms with Crippen molar-refractivity contribution in [2.24, 2.45) is 0 Å². The SMILES string of the molecule is O=C(CC1(O)CCCC1)NC(c1ccccc1)c1ccncc1. The van der Waals surface area contributed by atoms with Crippen LogP contribution in [0.25, 0.3) is 0 Å². The van der Waals surface area contributed by atoms with Crippen molar-refractivity contribution in [1.82, 2.24) is 10.3 Å². The fourth-order valence-electron chi connectivity index (χ4n) is 3.28. The second-order valence-electron chi connectivity index (χ2n) is 6.30. The maximum atomic E-state index is 12.5. The summed E-state index contributed by atoms with van der Waals surface area (Å²) in [5, 5.41) is 13.5. The van der Waals surface area contributed by atoms with Gasteiger partial charge in [0.15, 0.2) is 0 Å². The van der Waals surface area contributed by atoms with Gasteiger partial charge in [0.2, 0.25) is 5.91 Å². The van der Waals surface area contributed by atoms with Crippen LogP contribution >= 0.6 is 0 Å². The van der Waals surface area contributed by atoms with E-state index in [4.69, 9.17) is 0 Å². The Kier molecular flexibility index (Phi) is 4.72. The summed E-state index contributed by atoms with van der Waals surface area (Å²) in [5.74, 6) is -0.111. The summed E-state index contributed by atoms with van der Waals surface area (Å²) < 4.78 is 0. The number of carbonyl (C=O) groups excluding carboxylic acids is 1. The molecule has 0 bridgehead atoms. The van der Waals surface area contributed by atoms with Gasteiger partial charge in [0.1, 0.15) is 0 Å². The van der Waals surface area contributed by atoms with Gasteiger partial charge in [0.25, 0.3) is 0 Å². The molecule has 120 valence electrons. The lowest BCUT2D eigenvalue weighted by atomic mass is 9.95. The first-order valence-corrected chi connectivity index (χ1v) is 8.13. The van der Waals surface area contributed by atoms with Crippen LogP contribution in [0.2, 0.25) is 0 Å². The van der Waals surface area contributed by atoms with Gasteiger partial charge in [0, 0.05) is 12.4 Å². The Morgan fingerprint density at radius 3 is 2.35 bits per heavy atom. The smallest absolute Gasteiger partial charge is 0.223 e. The Balaban J connectivity index is 1.78. The van der Waals surface area contributed by atoms with Crippen LogP contribution in [0.5, 0.6) is 0 Å². The molecule has 1 aliphatic rings. The minimum atomic E-state index is -0.830. The van der Waals surface area contributed by atoms with Crippen LogP contribution in [0.1, 0.15) is 49.3 Å². The summed E-state index contributed by atoms with van der Waals surface area (Å²) in [7, 11) is 0. The third kappa shape index (κ3) is 3.96. The summed E-state index contributed by atoms with van der Waals surface area (Å²) in [6, 6.07) is 13.4. The van der Waals surface area contributed by atoms with Crippen LogP contribution in [0.4, 0.5) is 0 Å². The highest BCUT2D eigenvalue weighted by molar-refractivity contribution is 5.78. The van der Waals surface area contributed by atoms with Gasteiger partial charge >= 0.3 is 0 Å². The minimum Gasteiger partial charge on any atom is -0.389 e. The van der Waals surface area contributed by atoms with Gasteiger partial charge in [-0.05, 0) is 36.1 Å². The van der Waals surface area contributed by atoms with Crippen LogP contribution in [-0.2, 0) is 4.79 Å². The van der Waals surface area contributed by atoms with Gasteiger partial charge < -0.3 is 10.4 Å². The summed E-state index contributed by atoms with van der Waals surface area (Å²) in [6.45, 7) is 0. The van der Waals surface area contributed by atoms with Crippen LogP contribution in [0, 0.1) is 0 Å². The van der Waals surface area contributed by atoms with Gasteiger partial charge in [-0.25, -0.2) is 0 Å². The lowest BCUT2D eigenvalue weighted by Gasteiger charge is -2.24. The molecule has 0 radical (unpaired) electrons. The number of aliphatic hydroxyl groups is 1. The summed E-state index contributed by atoms with van der Waals surface area (Å²) in [6.07, 6.45) is 7.04. The topological polar surface area (TPSA) is 62.2 Å². The molecule has 1 atom stereocenters. The Morgan fingerprint density at radius 2 is 1.70 bits per heavy atom. The number of amides is 1. The number of hydrogen-bond acceptors (Lipinski definition) is 3. The zero-order valence-corrected chi connectivity index (χ0v) is 13.1. The third-order valence-corrected chi connectivity index (χ3v) is 4.50. The predicted molar refractivity (Wildman–Crippen MR) is 88.7 cm³/mol. The lowest BCUT2D eigenvalue weighted by Crippen LogP contribution is -2.36. The van der Waals surface area contributed by atoms with Gasteiger partial charge in [-0.15, -0.1) is 0 Å². The highest BCUT2D eigenvalue weighted by atomic mass is 16.3. The molecule has 0 spiro atoms. The van der Waals surface area contributed by atoms with E-state index in [9.17, 15) is 9.90 Å². The number of nitrogens with one attached hydrogen (secondary N) is 1. The molecule has 0 saturated heterocycles. The van der Waals surface area contributed by atoms with Crippen molar-refractivity contribution < 1.29 is 9.90 Å². The summed E-state index contributed by atoms with van der Waals surface area (Å²) >= 11 is 0. The molecule has 1 heterocycles. The van der Waals surface area contributed by atoms with E-state index < -0.39 is 5.60 Å². The number of nitrogens with zero attached hydrogens (tertiary/aromatic N) is 1. The number of carbonyl (C=O) groups is 1. The van der Waals surface area contributed by atoms with Crippen molar-refractivity contribution >= 4 is 5.91 Å². The van der Waals surface area contributed by atoms with Gasteiger partial charge in [0.05, 0.1) is 18.1 Å². The van der Waals surface area contributed by atoms with E-state index in [1.54, 1.807) is 12.4 Å². The molecular weight excluding hydrogens is 288 g/mol. The Morgan fingerprint density at radius 1 is 1.09 bits per heavy atom. The largest absolute Gasteiger partial charge is 0.389 e. The molecule has 1 aliphatic carbocycles. The van der Waals surface area contributed by atoms with Crippen molar-refractivity contribution in [3.05, 3.63) is 66.0 Å². The molecular formula is C19H22N2O2. The van der Waals surface area contributed by atoms with E-state index in [0.717, 1.165) is 24.0 Å². The van der Waals surface area contributed by atoms with Gasteiger partial charge in [-0.1, -0.05) is 43.2 Å². The van der Waals surface area contributed by atoms with E-state index in [0.29, 0.717) is 12.8 Å². The van der Waals surface area contributed by atoms with E-state index in [1.165, 1.54) is 0 Å². The maximum absolute atomic E-state index is 12.5. The fraction of sp³-hybridized carbons (Fsp3) is 0.368. The molecule has 23 heavy (non-hydrogen) atoms. The van der Waals surface area contributed by atoms with Crippen LogP contribution < -0.4 is 5.32 Å². The van der Waals surface area contributed by atoms with Gasteiger partial charge in [-0.2, -0.15) is 0 Å². The average molecular weight is 310 g/mol. The molecule has 1 aromatic heterocycles. The normalized spacial score (nSPS) is 17.6. The standard InChI is InChI=1S/C19H22N2O2/c22-17(14-19(23)10-4-5-11-19)21-18(15-6-2-1-3-7-15)16-8-12-20-13-9-16/h1-3,6-9,12-13,18,23H,4-5,10-11,14H2,(H,21,22). The Bertz CT molecular complexity index is 597. The van der Waals surface area contributed by atoms with E-state index >= 15 is 0 Å². The fourth-order valence-corrected chi connectivity index (χ4v) is 3.28. The first kappa shape index (κ1) is 15.7. The highest BCUT2D eigenvalue weighted by Gasteiger charge is 2.34. The monoisotopic (exact) mass is 310 g/mol. The first-order valence-electron chi connectivity index (χ1n) is 8.13. The van der Waals surface area contributed by atoms with E-state index in [1.807, 2.05) is 42.5 Å². The van der Waals surface area contributed by atoms with Crippen molar-refractivity contribution in [3.8, 4) is 0 Å². The molecule has 2 N–H and O–H groups in total. The molecule has 4 heteroatoms. The summed E-state index contributed by atoms with van der Waals surface area (Å²) in [5.41, 5.74) is 1.17. The first-order chi connectivity index (χ1) is 11.2. The quantitative estimate of drug-likeness (QED) is 0.892. The van der Waals surface area contributed by atoms with Crippen molar-refractivity contribution in [2.75, 3.05) is 0 Å². The summed E-state index contributed by atoms with van der Waals surface area (Å²) in [4.78, 5) is 16.5. The minimum absolute atomic E-state index is 0.111. The maximum Gasteiger partial charge on any atom is 0.223 e. The van der Waals surface area contributed by atoms with E-state index in [2.05, 4.69) is 10.3 Å². The molecule has 0 aliphatic heterocycles. The van der Waals surface area contributed by atoms with Crippen LogP contribution in [-0.4, -0.2) is 21.6 Å². The molecule has 1 fully saturated rings. The number of rotatable bonds is 5. The number of aromatic nitrogens is 1. The zero-order chi connectivity index (χ0) is 16.1. The Hall–Kier alpha value is -2.20. The number of benzene rings is 1. The molecule has 4 nitrogen and oxygen atoms in total. The second-order valence-corrected chi connectivity index (χ2v) is 6.30. The van der Waals surface area contributed by atoms with Crippen molar-refractivity contribution in [2.45, 2.75) is 43.7 Å². The second kappa shape index (κ2) is 6.92. The van der Waals surface area contributed by atoms with Crippen LogP contribution in [0.3, 0.4) is 0 Å².